The molecule has 0 radical (unpaired) electrons. The highest BCUT2D eigenvalue weighted by molar-refractivity contribution is 9.10. The molecule has 0 atom stereocenters. The molecule has 6 nitrogen and oxygen atoms in total. The molecule has 140 valence electrons. The van der Waals surface area contributed by atoms with Crippen LogP contribution >= 0.6 is 27.5 Å². The summed E-state index contributed by atoms with van der Waals surface area (Å²) in [5.41, 5.74) is 5.97. The van der Waals surface area contributed by atoms with Crippen LogP contribution in [0.4, 0.5) is 42.0 Å². The number of rotatable bonds is 4. The molecule has 0 bridgehead atoms. The van der Waals surface area contributed by atoms with Gasteiger partial charge in [-0.25, -0.2) is 15.0 Å². The van der Waals surface area contributed by atoms with Crippen LogP contribution in [0, 0.1) is 0 Å². The van der Waals surface area contributed by atoms with Gasteiger partial charge < -0.3 is 16.4 Å². The molecule has 0 saturated carbocycles. The highest BCUT2D eigenvalue weighted by Gasteiger charge is 2.31. The Morgan fingerprint density at radius 1 is 1.00 bits per heavy atom. The Morgan fingerprint density at radius 3 is 2.30 bits per heavy atom. The monoisotopic (exact) mass is 458 g/mol. The summed E-state index contributed by atoms with van der Waals surface area (Å²) in [4.78, 5) is 11.8. The van der Waals surface area contributed by atoms with E-state index < -0.39 is 11.7 Å². The summed E-state index contributed by atoms with van der Waals surface area (Å²) >= 11 is 9.30. The summed E-state index contributed by atoms with van der Waals surface area (Å²) in [7, 11) is 0. The molecular weight excluding hydrogens is 449 g/mol. The maximum absolute atomic E-state index is 12.7. The smallest absolute Gasteiger partial charge is 0.393 e. The van der Waals surface area contributed by atoms with Crippen LogP contribution in [0.2, 0.25) is 5.02 Å². The first-order valence-corrected chi connectivity index (χ1v) is 8.54. The molecule has 0 aliphatic rings. The lowest BCUT2D eigenvalue weighted by molar-refractivity contribution is -0.137. The van der Waals surface area contributed by atoms with E-state index in [1.165, 1.54) is 6.33 Å². The van der Waals surface area contributed by atoms with Gasteiger partial charge in [0.1, 0.15) is 17.8 Å². The highest BCUT2D eigenvalue weighted by atomic mass is 79.9. The number of nitrogen functional groups attached to an aromatic ring is 1. The molecule has 27 heavy (non-hydrogen) atoms. The molecule has 0 aliphatic carbocycles. The van der Waals surface area contributed by atoms with E-state index in [9.17, 15) is 13.2 Å². The molecule has 3 aromatic rings. The molecule has 0 saturated heterocycles. The minimum Gasteiger partial charge on any atom is -0.393 e. The van der Waals surface area contributed by atoms with Crippen molar-refractivity contribution in [1.29, 1.82) is 0 Å². The van der Waals surface area contributed by atoms with Crippen molar-refractivity contribution in [3.05, 3.63) is 57.9 Å². The summed E-state index contributed by atoms with van der Waals surface area (Å²) in [6.45, 7) is 0. The van der Waals surface area contributed by atoms with Crippen LogP contribution in [-0.4, -0.2) is 15.0 Å². The van der Waals surface area contributed by atoms with E-state index in [1.54, 1.807) is 0 Å². The Balaban J connectivity index is 1.87. The van der Waals surface area contributed by atoms with Crippen molar-refractivity contribution in [2.75, 3.05) is 16.4 Å². The number of pyridine rings is 1. The molecule has 3 rings (SSSR count). The number of aromatic nitrogens is 3. The van der Waals surface area contributed by atoms with Crippen molar-refractivity contribution in [1.82, 2.24) is 15.0 Å². The summed E-state index contributed by atoms with van der Waals surface area (Å²) in [6, 6.07) is 8.10. The third-order valence-corrected chi connectivity index (χ3v) is 4.40. The number of benzene rings is 1. The summed E-state index contributed by atoms with van der Waals surface area (Å²) in [6.07, 6.45) is -2.62. The van der Waals surface area contributed by atoms with Gasteiger partial charge in [-0.15, -0.1) is 0 Å². The summed E-state index contributed by atoms with van der Waals surface area (Å²) in [5.74, 6) is 0.443. The van der Waals surface area contributed by atoms with E-state index in [4.69, 9.17) is 17.3 Å². The Kier molecular flexibility index (Phi) is 5.38. The Labute approximate surface area is 165 Å². The van der Waals surface area contributed by atoms with E-state index >= 15 is 0 Å². The first kappa shape index (κ1) is 19.2. The molecule has 4 N–H and O–H groups in total. The number of para-hydroxylation sites is 1. The van der Waals surface area contributed by atoms with E-state index in [2.05, 4.69) is 41.5 Å². The summed E-state index contributed by atoms with van der Waals surface area (Å²) in [5, 5.41) is 5.55. The minimum absolute atomic E-state index is 0.0121. The lowest BCUT2D eigenvalue weighted by Gasteiger charge is -2.14. The van der Waals surface area contributed by atoms with Gasteiger partial charge in [0.25, 0.3) is 0 Å². The van der Waals surface area contributed by atoms with Crippen LogP contribution in [0.5, 0.6) is 0 Å². The highest BCUT2D eigenvalue weighted by Crippen LogP contribution is 2.35. The Morgan fingerprint density at radius 2 is 1.67 bits per heavy atom. The lowest BCUT2D eigenvalue weighted by atomic mass is 10.2. The normalized spacial score (nSPS) is 11.3. The molecule has 0 spiro atoms. The van der Waals surface area contributed by atoms with Gasteiger partial charge in [-0.05, 0) is 34.1 Å². The van der Waals surface area contributed by atoms with Gasteiger partial charge in [0, 0.05) is 10.7 Å². The Hall–Kier alpha value is -2.59. The average Bonchev–Trinajstić information content (AvgIpc) is 2.61. The van der Waals surface area contributed by atoms with E-state index in [0.29, 0.717) is 12.0 Å². The zero-order valence-corrected chi connectivity index (χ0v) is 15.7. The van der Waals surface area contributed by atoms with Crippen molar-refractivity contribution in [2.45, 2.75) is 6.18 Å². The van der Waals surface area contributed by atoms with Gasteiger partial charge in [0.15, 0.2) is 11.6 Å². The van der Waals surface area contributed by atoms with Crippen LogP contribution in [0.25, 0.3) is 0 Å². The fourth-order valence-corrected chi connectivity index (χ4v) is 2.68. The van der Waals surface area contributed by atoms with Gasteiger partial charge in [-0.2, -0.15) is 13.2 Å². The maximum Gasteiger partial charge on any atom is 0.417 e. The quantitative estimate of drug-likeness (QED) is 0.486. The van der Waals surface area contributed by atoms with Gasteiger partial charge in [-0.1, -0.05) is 23.7 Å². The van der Waals surface area contributed by atoms with Gasteiger partial charge >= 0.3 is 6.18 Å². The third kappa shape index (κ3) is 4.40. The van der Waals surface area contributed by atoms with Crippen LogP contribution < -0.4 is 16.4 Å². The first-order chi connectivity index (χ1) is 12.8. The number of alkyl halides is 3. The molecule has 0 unspecified atom stereocenters. The molecule has 2 aromatic heterocycles. The Bertz CT molecular complexity index is 983. The van der Waals surface area contributed by atoms with Crippen molar-refractivity contribution in [3.8, 4) is 0 Å². The lowest BCUT2D eigenvalue weighted by Crippen LogP contribution is -2.08. The number of nitrogens with one attached hydrogen (secondary N) is 2. The van der Waals surface area contributed by atoms with E-state index in [-0.39, 0.29) is 22.3 Å². The fourth-order valence-electron chi connectivity index (χ4n) is 2.08. The van der Waals surface area contributed by atoms with Gasteiger partial charge in [0.2, 0.25) is 0 Å². The molecule has 1 aromatic carbocycles. The molecule has 2 heterocycles. The number of hydrogen-bond donors (Lipinski definition) is 3. The van der Waals surface area contributed by atoms with Crippen molar-refractivity contribution in [2.24, 2.45) is 0 Å². The number of anilines is 5. The van der Waals surface area contributed by atoms with Crippen LogP contribution in [-0.2, 0) is 6.18 Å². The number of hydrogen-bond acceptors (Lipinski definition) is 6. The van der Waals surface area contributed by atoms with Gasteiger partial charge in [-0.3, -0.25) is 0 Å². The van der Waals surface area contributed by atoms with Gasteiger partial charge in [0.05, 0.1) is 16.3 Å². The van der Waals surface area contributed by atoms with Crippen molar-refractivity contribution in [3.63, 3.8) is 0 Å². The second-order valence-corrected chi connectivity index (χ2v) is 6.53. The number of nitrogens with zero attached hydrogens (tertiary/aromatic N) is 3. The van der Waals surface area contributed by atoms with E-state index in [1.807, 2.05) is 24.3 Å². The fraction of sp³-hybridized carbons (Fsp3) is 0.0625. The SMILES string of the molecule is Nc1c(Nc2ccccc2Br)ncnc1Nc1ncc(C(F)(F)F)cc1Cl. The van der Waals surface area contributed by atoms with Crippen LogP contribution in [0.15, 0.2) is 47.3 Å². The largest absolute Gasteiger partial charge is 0.417 e. The third-order valence-electron chi connectivity index (χ3n) is 3.42. The minimum atomic E-state index is -4.54. The predicted octanol–water partition coefficient (Wildman–Crippen LogP) is 5.38. The van der Waals surface area contributed by atoms with Crippen LogP contribution in [0.1, 0.15) is 5.56 Å². The molecule has 0 fully saturated rings. The zero-order valence-electron chi connectivity index (χ0n) is 13.4. The second-order valence-electron chi connectivity index (χ2n) is 5.27. The molecule has 0 amide bonds. The molecular formula is C16H11BrClF3N6. The first-order valence-electron chi connectivity index (χ1n) is 7.37. The predicted molar refractivity (Wildman–Crippen MR) is 101 cm³/mol. The number of halogens is 5. The standard InChI is InChI=1S/C16H11BrClF3N6/c17-9-3-1-2-4-11(9)26-14-12(22)15(25-7-24-14)27-13-10(18)5-8(6-23-13)16(19,20)21/h1-7H,22H2,(H2,23,24,25,26,27). The zero-order chi connectivity index (χ0) is 19.6. The maximum atomic E-state index is 12.7. The van der Waals surface area contributed by atoms with E-state index in [0.717, 1.165) is 16.2 Å². The average molecular weight is 460 g/mol. The van der Waals surface area contributed by atoms with Crippen LogP contribution in [0.3, 0.4) is 0 Å². The topological polar surface area (TPSA) is 88.8 Å². The van der Waals surface area contributed by atoms with Crippen molar-refractivity contribution < 1.29 is 13.2 Å². The molecule has 0 aliphatic heterocycles. The molecule has 11 heteroatoms. The second kappa shape index (κ2) is 7.57. The number of nitrogens with two attached hydrogens (primary N) is 1. The van der Waals surface area contributed by atoms with Crippen molar-refractivity contribution >= 4 is 56.4 Å². The summed E-state index contributed by atoms with van der Waals surface area (Å²) < 4.78 is 38.9.